The molecule has 3 fully saturated rings. The molecule has 1 saturated carbocycles. The van der Waals surface area contributed by atoms with Crippen LogP contribution in [-0.4, -0.2) is 61.7 Å². The van der Waals surface area contributed by atoms with E-state index in [0.29, 0.717) is 6.42 Å². The summed E-state index contributed by atoms with van der Waals surface area (Å²) >= 11 is 0. The van der Waals surface area contributed by atoms with E-state index < -0.39 is 51.4 Å². The third-order valence-corrected chi connectivity index (χ3v) is 8.15. The largest absolute Gasteiger partial charge is 0.396 e. The molecule has 4 rings (SSSR count). The number of carbonyl (C=O) groups is 2. The average molecular weight is 380 g/mol. The van der Waals surface area contributed by atoms with Gasteiger partial charge in [0.15, 0.2) is 23.0 Å². The molecule has 0 aromatic rings. The number of allylic oxidation sites excluding steroid dienone is 1. The number of fused-ring (bicyclic) bond motifs is 2. The molecule has 4 aliphatic rings. The topological polar surface area (TPSA) is 124 Å². The first-order chi connectivity index (χ1) is 12.4. The lowest BCUT2D eigenvalue weighted by molar-refractivity contribution is -0.375. The fourth-order valence-electron chi connectivity index (χ4n) is 6.21. The van der Waals surface area contributed by atoms with E-state index in [0.717, 1.165) is 0 Å². The van der Waals surface area contributed by atoms with Crippen molar-refractivity contribution in [3.8, 4) is 0 Å². The number of aliphatic hydroxyl groups excluding tert-OH is 2. The predicted molar refractivity (Wildman–Crippen MR) is 93.3 cm³/mol. The quantitative estimate of drug-likeness (QED) is 0.535. The number of hydrogen-bond donors (Lipinski definition) is 4. The van der Waals surface area contributed by atoms with Crippen LogP contribution in [0.15, 0.2) is 11.6 Å². The second-order valence-electron chi connectivity index (χ2n) is 9.45. The first-order valence-electron chi connectivity index (χ1n) is 9.61. The molecule has 7 heteroatoms. The molecule has 8 atom stereocenters. The van der Waals surface area contributed by atoms with Gasteiger partial charge >= 0.3 is 0 Å². The van der Waals surface area contributed by atoms with Crippen LogP contribution in [0, 0.1) is 22.7 Å². The number of ketones is 2. The molecule has 0 aromatic heterocycles. The van der Waals surface area contributed by atoms with Crippen LogP contribution in [0.2, 0.25) is 0 Å². The second-order valence-corrected chi connectivity index (χ2v) is 9.45. The molecule has 2 aliphatic carbocycles. The summed E-state index contributed by atoms with van der Waals surface area (Å²) in [5.41, 5.74) is -6.85. The highest BCUT2D eigenvalue weighted by Gasteiger charge is 2.87. The maximum Gasteiger partial charge on any atom is 0.186 e. The van der Waals surface area contributed by atoms with E-state index in [1.165, 1.54) is 13.0 Å². The summed E-state index contributed by atoms with van der Waals surface area (Å²) in [5.74, 6) is -3.99. The smallest absolute Gasteiger partial charge is 0.186 e. The zero-order valence-corrected chi connectivity index (χ0v) is 16.2. The van der Waals surface area contributed by atoms with Crippen LogP contribution in [0.5, 0.6) is 0 Å². The van der Waals surface area contributed by atoms with Crippen molar-refractivity contribution in [1.29, 1.82) is 0 Å². The van der Waals surface area contributed by atoms with Gasteiger partial charge < -0.3 is 25.2 Å². The highest BCUT2D eigenvalue weighted by molar-refractivity contribution is 6.08. The fraction of sp³-hybridized carbons (Fsp3) is 0.800. The van der Waals surface area contributed by atoms with E-state index in [1.54, 1.807) is 20.8 Å². The lowest BCUT2D eigenvalue weighted by atomic mass is 9.51. The zero-order valence-electron chi connectivity index (χ0n) is 16.2. The zero-order chi connectivity index (χ0) is 20.2. The first-order valence-corrected chi connectivity index (χ1v) is 9.61. The van der Waals surface area contributed by atoms with Gasteiger partial charge in [0.2, 0.25) is 0 Å². The molecule has 27 heavy (non-hydrogen) atoms. The maximum atomic E-state index is 13.9. The van der Waals surface area contributed by atoms with Gasteiger partial charge in [0.05, 0.1) is 11.5 Å². The molecule has 2 saturated heterocycles. The van der Waals surface area contributed by atoms with E-state index in [9.17, 15) is 30.0 Å². The van der Waals surface area contributed by atoms with Gasteiger partial charge in [-0.1, -0.05) is 13.8 Å². The highest BCUT2D eigenvalue weighted by atomic mass is 16.7. The predicted octanol–water partition coefficient (Wildman–Crippen LogP) is 0.0888. The lowest BCUT2D eigenvalue weighted by Gasteiger charge is -2.61. The Morgan fingerprint density at radius 3 is 2.52 bits per heavy atom. The van der Waals surface area contributed by atoms with E-state index in [-0.39, 0.29) is 30.9 Å². The first kappa shape index (κ1) is 19.2. The molecule has 2 heterocycles. The Morgan fingerprint density at radius 2 is 1.93 bits per heavy atom. The molecule has 0 radical (unpaired) electrons. The van der Waals surface area contributed by atoms with E-state index in [4.69, 9.17) is 4.74 Å². The Labute approximate surface area is 158 Å². The normalized spacial score (nSPS) is 55.2. The number of ether oxygens (including phenoxy) is 1. The number of aliphatic hydroxyl groups is 4. The van der Waals surface area contributed by atoms with Crippen LogP contribution in [0.25, 0.3) is 0 Å². The number of rotatable bonds is 2. The molecule has 1 unspecified atom stereocenters. The standard InChI is InChI=1S/C20H28O7/c1-10-5-6-18(25)16(3)9-19(26)17(4,12(7-13(16)22)11(2)8-21)15(24)20(18,27-19)14(10)23/h7,10-11,14,21,23,25-26H,5-6,8-9H2,1-4H3/t10-,11-,14+,16?,17-,18-,19-,20-/m0/s1. The van der Waals surface area contributed by atoms with Crippen LogP contribution in [0.1, 0.15) is 47.0 Å². The molecule has 150 valence electrons. The van der Waals surface area contributed by atoms with Gasteiger partial charge in [0.25, 0.3) is 0 Å². The lowest BCUT2D eigenvalue weighted by Crippen LogP contribution is -2.78. The van der Waals surface area contributed by atoms with Crippen LogP contribution >= 0.6 is 0 Å². The van der Waals surface area contributed by atoms with Crippen molar-refractivity contribution in [2.45, 2.75) is 70.1 Å². The summed E-state index contributed by atoms with van der Waals surface area (Å²) in [6.45, 7) is 6.16. The molecule has 2 aliphatic heterocycles. The molecular weight excluding hydrogens is 352 g/mol. The minimum atomic E-state index is -2.08. The van der Waals surface area contributed by atoms with E-state index in [2.05, 4.69) is 0 Å². The minimum absolute atomic E-state index is 0.115. The van der Waals surface area contributed by atoms with Crippen LogP contribution in [0.3, 0.4) is 0 Å². The summed E-state index contributed by atoms with van der Waals surface area (Å²) < 4.78 is 5.96. The van der Waals surface area contributed by atoms with Crippen molar-refractivity contribution in [1.82, 2.24) is 0 Å². The van der Waals surface area contributed by atoms with Crippen LogP contribution < -0.4 is 0 Å². The Bertz CT molecular complexity index is 776. The molecule has 4 N–H and O–H groups in total. The monoisotopic (exact) mass is 380 g/mol. The third-order valence-electron chi connectivity index (χ3n) is 8.15. The van der Waals surface area contributed by atoms with Crippen molar-refractivity contribution in [3.63, 3.8) is 0 Å². The van der Waals surface area contributed by atoms with Crippen LogP contribution in [0.4, 0.5) is 0 Å². The van der Waals surface area contributed by atoms with Gasteiger partial charge in [-0.05, 0) is 44.3 Å². The summed E-state index contributed by atoms with van der Waals surface area (Å²) in [5, 5.41) is 44.1. The van der Waals surface area contributed by atoms with Crippen molar-refractivity contribution >= 4 is 11.6 Å². The van der Waals surface area contributed by atoms with Gasteiger partial charge in [-0.15, -0.1) is 0 Å². The van der Waals surface area contributed by atoms with Crippen molar-refractivity contribution in [2.24, 2.45) is 22.7 Å². The van der Waals surface area contributed by atoms with Crippen molar-refractivity contribution in [2.75, 3.05) is 6.61 Å². The molecular formula is C20H28O7. The van der Waals surface area contributed by atoms with Crippen molar-refractivity contribution in [3.05, 3.63) is 11.6 Å². The molecule has 0 amide bonds. The summed E-state index contributed by atoms with van der Waals surface area (Å²) in [6, 6.07) is 0. The Morgan fingerprint density at radius 1 is 1.30 bits per heavy atom. The Balaban J connectivity index is 2.10. The summed E-state index contributed by atoms with van der Waals surface area (Å²) in [4.78, 5) is 27.2. The Kier molecular flexibility index (Phi) is 3.61. The molecule has 0 aromatic carbocycles. The second kappa shape index (κ2) is 5.07. The van der Waals surface area contributed by atoms with Gasteiger partial charge in [-0.25, -0.2) is 0 Å². The number of Topliss-reactive ketones (excluding diaryl/α,β-unsaturated/α-hetero) is 1. The summed E-state index contributed by atoms with van der Waals surface area (Å²) in [6.07, 6.45) is 0.242. The van der Waals surface area contributed by atoms with Gasteiger partial charge in [0, 0.05) is 18.9 Å². The van der Waals surface area contributed by atoms with Crippen molar-refractivity contribution < 1.29 is 34.8 Å². The Hall–Kier alpha value is -1.12. The third kappa shape index (κ3) is 1.69. The summed E-state index contributed by atoms with van der Waals surface area (Å²) in [7, 11) is 0. The van der Waals surface area contributed by atoms with Crippen LogP contribution in [-0.2, 0) is 14.3 Å². The average Bonchev–Trinajstić information content (AvgIpc) is 2.74. The van der Waals surface area contributed by atoms with E-state index in [1.807, 2.05) is 0 Å². The molecule has 7 nitrogen and oxygen atoms in total. The van der Waals surface area contributed by atoms with Gasteiger partial charge in [-0.3, -0.25) is 9.59 Å². The van der Waals surface area contributed by atoms with E-state index >= 15 is 0 Å². The number of carbonyl (C=O) groups excluding carboxylic acids is 2. The highest BCUT2D eigenvalue weighted by Crippen LogP contribution is 2.71. The van der Waals surface area contributed by atoms with Gasteiger partial charge in [-0.2, -0.15) is 0 Å². The molecule has 1 spiro atoms. The minimum Gasteiger partial charge on any atom is -0.396 e. The fourth-order valence-corrected chi connectivity index (χ4v) is 6.21. The number of hydrogen-bond acceptors (Lipinski definition) is 7. The SMILES string of the molecule is C[C@@H](CO)C1=CC(=O)C2(C)C[C@]3(O)O[C@]4(C(=O)[C@]13C)[C@H](O)[C@@H](C)CC[C@]24O. The molecule has 3 bridgehead atoms. The van der Waals surface area contributed by atoms with Gasteiger partial charge in [0.1, 0.15) is 11.0 Å². The maximum absolute atomic E-state index is 13.9.